The molecule has 0 aliphatic heterocycles. The van der Waals surface area contributed by atoms with Crippen molar-refractivity contribution >= 4 is 28.6 Å². The maximum Gasteiger partial charge on any atom is 0.338 e. The number of hydrogen-bond acceptors (Lipinski definition) is 3. The van der Waals surface area contributed by atoms with Crippen molar-refractivity contribution in [2.75, 3.05) is 7.11 Å². The minimum atomic E-state index is -0.481. The van der Waals surface area contributed by atoms with Gasteiger partial charge in [-0.3, -0.25) is 0 Å². The molecule has 2 saturated carbocycles. The summed E-state index contributed by atoms with van der Waals surface area (Å²) < 4.78 is 24.3. The molecular weight excluding hydrogens is 398 g/mol. The SMILES string of the molecule is COc1cc(C(=O)OC2CC3CCC2(C)C3(C)I)ccc1F. The van der Waals surface area contributed by atoms with Crippen molar-refractivity contribution in [1.82, 2.24) is 0 Å². The second-order valence-electron chi connectivity index (χ2n) is 6.71. The van der Waals surface area contributed by atoms with Crippen LogP contribution in [0, 0.1) is 17.2 Å². The topological polar surface area (TPSA) is 35.5 Å². The number of fused-ring (bicyclic) bond motifs is 2. The van der Waals surface area contributed by atoms with Crippen LogP contribution in [0.25, 0.3) is 0 Å². The molecule has 120 valence electrons. The van der Waals surface area contributed by atoms with E-state index >= 15 is 0 Å². The van der Waals surface area contributed by atoms with E-state index in [9.17, 15) is 9.18 Å². The first kappa shape index (κ1) is 16.0. The van der Waals surface area contributed by atoms with Crippen LogP contribution in [-0.4, -0.2) is 22.6 Å². The molecule has 1 aromatic carbocycles. The van der Waals surface area contributed by atoms with E-state index in [1.807, 2.05) is 0 Å². The summed E-state index contributed by atoms with van der Waals surface area (Å²) in [6.45, 7) is 4.48. The number of benzene rings is 1. The lowest BCUT2D eigenvalue weighted by atomic mass is 9.79. The number of rotatable bonds is 3. The van der Waals surface area contributed by atoms with Gasteiger partial charge in [-0.1, -0.05) is 29.5 Å². The lowest BCUT2D eigenvalue weighted by Crippen LogP contribution is -2.40. The van der Waals surface area contributed by atoms with E-state index in [1.165, 1.54) is 31.7 Å². The summed E-state index contributed by atoms with van der Waals surface area (Å²) in [7, 11) is 1.38. The molecule has 0 saturated heterocycles. The fraction of sp³-hybridized carbons (Fsp3) is 0.588. The molecule has 3 rings (SSSR count). The van der Waals surface area contributed by atoms with E-state index in [2.05, 4.69) is 36.4 Å². The molecule has 0 spiro atoms. The average Bonchev–Trinajstić information content (AvgIpc) is 2.81. The number of halogens is 2. The predicted octanol–water partition coefficient (Wildman–Crippen LogP) is 4.37. The smallest absolute Gasteiger partial charge is 0.338 e. The van der Waals surface area contributed by atoms with E-state index in [4.69, 9.17) is 9.47 Å². The molecule has 0 radical (unpaired) electrons. The van der Waals surface area contributed by atoms with Gasteiger partial charge in [-0.2, -0.15) is 0 Å². The lowest BCUT2D eigenvalue weighted by molar-refractivity contribution is -0.00854. The highest BCUT2D eigenvalue weighted by molar-refractivity contribution is 14.1. The molecule has 0 N–H and O–H groups in total. The van der Waals surface area contributed by atoms with E-state index < -0.39 is 11.8 Å². The quantitative estimate of drug-likeness (QED) is 0.416. The molecule has 1 aromatic rings. The van der Waals surface area contributed by atoms with Crippen molar-refractivity contribution in [3.05, 3.63) is 29.6 Å². The Bertz CT molecular complexity index is 616. The maximum absolute atomic E-state index is 13.4. The fourth-order valence-corrected chi connectivity index (χ4v) is 5.13. The van der Waals surface area contributed by atoms with Crippen LogP contribution in [-0.2, 0) is 4.74 Å². The van der Waals surface area contributed by atoms with E-state index in [0.29, 0.717) is 11.5 Å². The molecule has 2 bridgehead atoms. The van der Waals surface area contributed by atoms with Crippen LogP contribution in [0.15, 0.2) is 18.2 Å². The Balaban J connectivity index is 1.79. The summed E-state index contributed by atoms with van der Waals surface area (Å²) in [5.74, 6) is -0.221. The third-order valence-corrected chi connectivity index (χ3v) is 7.85. The zero-order valence-corrected chi connectivity index (χ0v) is 15.1. The molecule has 0 aromatic heterocycles. The Labute approximate surface area is 143 Å². The molecule has 2 aliphatic rings. The first-order valence-electron chi connectivity index (χ1n) is 7.53. The van der Waals surface area contributed by atoms with Crippen LogP contribution in [0.3, 0.4) is 0 Å². The Morgan fingerprint density at radius 2 is 2.14 bits per heavy atom. The zero-order valence-electron chi connectivity index (χ0n) is 13.0. The van der Waals surface area contributed by atoms with E-state index in [-0.39, 0.29) is 20.7 Å². The Hall–Kier alpha value is -0.850. The second kappa shape index (κ2) is 5.35. The summed E-state index contributed by atoms with van der Waals surface area (Å²) >= 11 is 2.53. The molecule has 0 amide bonds. The van der Waals surface area contributed by atoms with Crippen LogP contribution in [0.2, 0.25) is 0 Å². The van der Waals surface area contributed by atoms with Gasteiger partial charge in [0.1, 0.15) is 6.10 Å². The number of ether oxygens (including phenoxy) is 2. The molecule has 0 heterocycles. The van der Waals surface area contributed by atoms with Crippen molar-refractivity contribution in [3.8, 4) is 5.75 Å². The molecular formula is C17H20FIO3. The number of esters is 1. The molecule has 3 nitrogen and oxygen atoms in total. The highest BCUT2D eigenvalue weighted by atomic mass is 127. The molecule has 4 unspecified atom stereocenters. The van der Waals surface area contributed by atoms with Gasteiger partial charge in [-0.05, 0) is 50.3 Å². The van der Waals surface area contributed by atoms with Crippen molar-refractivity contribution < 1.29 is 18.7 Å². The predicted molar refractivity (Wildman–Crippen MR) is 90.0 cm³/mol. The minimum absolute atomic E-state index is 0.0119. The summed E-state index contributed by atoms with van der Waals surface area (Å²) in [6, 6.07) is 4.08. The monoisotopic (exact) mass is 418 g/mol. The zero-order chi connectivity index (χ0) is 16.1. The van der Waals surface area contributed by atoms with Gasteiger partial charge >= 0.3 is 5.97 Å². The second-order valence-corrected chi connectivity index (χ2v) is 8.95. The van der Waals surface area contributed by atoms with Crippen LogP contribution >= 0.6 is 22.6 Å². The van der Waals surface area contributed by atoms with Gasteiger partial charge in [0.25, 0.3) is 0 Å². The standard InChI is InChI=1S/C17H20FIO3/c1-16-7-6-11(17(16,2)19)9-14(16)22-15(20)10-4-5-12(18)13(8-10)21-3/h4-5,8,11,14H,6-7,9H2,1-3H3. The van der Waals surface area contributed by atoms with Crippen LogP contribution in [0.5, 0.6) is 5.75 Å². The highest BCUT2D eigenvalue weighted by Crippen LogP contribution is 2.65. The molecule has 2 aliphatic carbocycles. The Morgan fingerprint density at radius 3 is 2.68 bits per heavy atom. The Kier molecular flexibility index (Phi) is 3.90. The van der Waals surface area contributed by atoms with Gasteiger partial charge in [0, 0.05) is 8.84 Å². The van der Waals surface area contributed by atoms with Gasteiger partial charge in [0.05, 0.1) is 12.7 Å². The van der Waals surface area contributed by atoms with Crippen molar-refractivity contribution in [1.29, 1.82) is 0 Å². The summed E-state index contributed by atoms with van der Waals surface area (Å²) in [4.78, 5) is 12.4. The van der Waals surface area contributed by atoms with Crippen LogP contribution < -0.4 is 4.74 Å². The van der Waals surface area contributed by atoms with Crippen molar-refractivity contribution in [2.24, 2.45) is 11.3 Å². The van der Waals surface area contributed by atoms with Gasteiger partial charge in [0.15, 0.2) is 11.6 Å². The van der Waals surface area contributed by atoms with Crippen molar-refractivity contribution in [3.63, 3.8) is 0 Å². The normalized spacial score (nSPS) is 36.4. The van der Waals surface area contributed by atoms with Gasteiger partial charge in [-0.15, -0.1) is 0 Å². The van der Waals surface area contributed by atoms with Crippen molar-refractivity contribution in [2.45, 2.75) is 42.6 Å². The highest BCUT2D eigenvalue weighted by Gasteiger charge is 2.64. The first-order valence-corrected chi connectivity index (χ1v) is 8.61. The first-order chi connectivity index (χ1) is 10.3. The lowest BCUT2D eigenvalue weighted by Gasteiger charge is -2.37. The fourth-order valence-electron chi connectivity index (χ4n) is 3.95. The maximum atomic E-state index is 13.4. The third-order valence-electron chi connectivity index (χ3n) is 5.74. The van der Waals surface area contributed by atoms with Gasteiger partial charge < -0.3 is 9.47 Å². The Morgan fingerprint density at radius 1 is 1.41 bits per heavy atom. The van der Waals surface area contributed by atoms with Gasteiger partial charge in [0.2, 0.25) is 0 Å². The van der Waals surface area contributed by atoms with Crippen LogP contribution in [0.1, 0.15) is 43.5 Å². The minimum Gasteiger partial charge on any atom is -0.494 e. The summed E-state index contributed by atoms with van der Waals surface area (Å²) in [5.41, 5.74) is 0.345. The number of methoxy groups -OCH3 is 1. The number of carbonyl (C=O) groups excluding carboxylic acids is 1. The van der Waals surface area contributed by atoms with Gasteiger partial charge in [-0.25, -0.2) is 9.18 Å². The summed E-state index contributed by atoms with van der Waals surface area (Å²) in [6.07, 6.45) is 3.13. The third kappa shape index (κ3) is 2.23. The van der Waals surface area contributed by atoms with Crippen LogP contribution in [0.4, 0.5) is 4.39 Å². The number of hydrogen-bond donors (Lipinski definition) is 0. The molecule has 5 heteroatoms. The number of alkyl halides is 1. The molecule has 2 fully saturated rings. The summed E-state index contributed by atoms with van der Waals surface area (Å²) in [5, 5.41) is 0. The average molecular weight is 418 g/mol. The van der Waals surface area contributed by atoms with E-state index in [0.717, 1.165) is 12.8 Å². The van der Waals surface area contributed by atoms with E-state index in [1.54, 1.807) is 0 Å². The largest absolute Gasteiger partial charge is 0.494 e. The number of carbonyl (C=O) groups is 1. The molecule has 4 atom stereocenters. The molecule has 22 heavy (non-hydrogen) atoms.